The predicted molar refractivity (Wildman–Crippen MR) is 91.3 cm³/mol. The van der Waals surface area contributed by atoms with Gasteiger partial charge in [0.25, 0.3) is 5.91 Å². The summed E-state index contributed by atoms with van der Waals surface area (Å²) in [7, 11) is 0. The number of halogens is 3. The van der Waals surface area contributed by atoms with Gasteiger partial charge in [-0.3, -0.25) is 4.79 Å². The second-order valence-electron chi connectivity index (χ2n) is 4.75. The van der Waals surface area contributed by atoms with Gasteiger partial charge in [0.1, 0.15) is 0 Å². The lowest BCUT2D eigenvalue weighted by Gasteiger charge is -2.28. The van der Waals surface area contributed by atoms with Crippen LogP contribution in [0.4, 0.5) is 0 Å². The van der Waals surface area contributed by atoms with Crippen LogP contribution in [0, 0.1) is 3.57 Å². The summed E-state index contributed by atoms with van der Waals surface area (Å²) < 4.78 is 0.976. The third-order valence-electron chi connectivity index (χ3n) is 3.52. The van der Waals surface area contributed by atoms with Crippen molar-refractivity contribution in [3.63, 3.8) is 0 Å². The minimum Gasteiger partial charge on any atom is -0.335 e. The van der Waals surface area contributed by atoms with E-state index in [1.807, 2.05) is 17.0 Å². The van der Waals surface area contributed by atoms with Crippen molar-refractivity contribution in [3.8, 4) is 0 Å². The highest BCUT2D eigenvalue weighted by atomic mass is 127. The van der Waals surface area contributed by atoms with E-state index in [1.54, 1.807) is 6.07 Å². The van der Waals surface area contributed by atoms with Crippen LogP contribution in [0.2, 0.25) is 5.02 Å². The fourth-order valence-corrected chi connectivity index (χ4v) is 3.45. The second kappa shape index (κ2) is 7.27. The molecule has 0 bridgehead atoms. The second-order valence-corrected chi connectivity index (χ2v) is 7.12. The molecule has 0 unspecified atom stereocenters. The average molecular weight is 457 g/mol. The molecule has 2 nitrogen and oxygen atoms in total. The number of hydrogen-bond acceptors (Lipinski definition) is 1. The zero-order valence-electron chi connectivity index (χ0n) is 10.5. The minimum atomic E-state index is 0.102. The third kappa shape index (κ3) is 3.85. The van der Waals surface area contributed by atoms with Crippen molar-refractivity contribution in [3.05, 3.63) is 32.4 Å². The zero-order valence-corrected chi connectivity index (χ0v) is 15.0. The largest absolute Gasteiger partial charge is 0.335 e. The summed E-state index contributed by atoms with van der Waals surface area (Å²) in [6, 6.07) is 5.94. The Hall–Kier alpha value is 0.190. The van der Waals surface area contributed by atoms with Gasteiger partial charge >= 0.3 is 0 Å². The van der Waals surface area contributed by atoms with E-state index in [4.69, 9.17) is 11.6 Å². The number of amides is 1. The lowest BCUT2D eigenvalue weighted by Crippen LogP contribution is -2.40. The van der Waals surface area contributed by atoms with Crippen molar-refractivity contribution in [2.24, 2.45) is 0 Å². The summed E-state index contributed by atoms with van der Waals surface area (Å²) >= 11 is 11.7. The van der Waals surface area contributed by atoms with E-state index in [9.17, 15) is 4.79 Å². The molecule has 1 amide bonds. The van der Waals surface area contributed by atoms with E-state index >= 15 is 0 Å². The number of benzene rings is 1. The maximum absolute atomic E-state index is 12.6. The van der Waals surface area contributed by atoms with Crippen molar-refractivity contribution in [2.45, 2.75) is 31.7 Å². The standard InChI is InChI=1S/C14H16BrClINO/c15-7-8-18(11-3-1-2-4-11)14(19)10-5-6-13(17)12(16)9-10/h5-6,9,11H,1-4,7-8H2. The molecule has 19 heavy (non-hydrogen) atoms. The fourth-order valence-electron chi connectivity index (χ4n) is 2.55. The Balaban J connectivity index is 2.20. The van der Waals surface area contributed by atoms with Crippen LogP contribution in [-0.2, 0) is 0 Å². The molecule has 1 aromatic rings. The topological polar surface area (TPSA) is 20.3 Å². The molecule has 104 valence electrons. The van der Waals surface area contributed by atoms with E-state index in [2.05, 4.69) is 38.5 Å². The van der Waals surface area contributed by atoms with Crippen LogP contribution in [-0.4, -0.2) is 28.7 Å². The Bertz CT molecular complexity index is 463. The van der Waals surface area contributed by atoms with Crippen LogP contribution in [0.15, 0.2) is 18.2 Å². The number of alkyl halides is 1. The van der Waals surface area contributed by atoms with Gasteiger partial charge in [0.05, 0.1) is 5.02 Å². The Kier molecular flexibility index (Phi) is 5.96. The first-order chi connectivity index (χ1) is 9.13. The highest BCUT2D eigenvalue weighted by molar-refractivity contribution is 14.1. The van der Waals surface area contributed by atoms with Gasteiger partial charge in [-0.15, -0.1) is 0 Å². The molecule has 1 aromatic carbocycles. The summed E-state index contributed by atoms with van der Waals surface area (Å²) in [5.41, 5.74) is 0.693. The van der Waals surface area contributed by atoms with Gasteiger partial charge in [0, 0.05) is 27.1 Å². The van der Waals surface area contributed by atoms with E-state index in [1.165, 1.54) is 12.8 Å². The van der Waals surface area contributed by atoms with E-state index in [0.717, 1.165) is 28.3 Å². The molecular weight excluding hydrogens is 440 g/mol. The summed E-state index contributed by atoms with van der Waals surface area (Å²) in [5.74, 6) is 0.102. The highest BCUT2D eigenvalue weighted by Crippen LogP contribution is 2.26. The molecule has 0 spiro atoms. The smallest absolute Gasteiger partial charge is 0.254 e. The van der Waals surface area contributed by atoms with Crippen molar-refractivity contribution < 1.29 is 4.79 Å². The van der Waals surface area contributed by atoms with Gasteiger partial charge in [-0.2, -0.15) is 0 Å². The molecule has 0 aliphatic heterocycles. The van der Waals surface area contributed by atoms with Crippen LogP contribution in [0.25, 0.3) is 0 Å². The molecule has 0 atom stereocenters. The van der Waals surface area contributed by atoms with Crippen LogP contribution in [0.1, 0.15) is 36.0 Å². The van der Waals surface area contributed by atoms with Crippen LogP contribution in [0.3, 0.4) is 0 Å². The maximum atomic E-state index is 12.6. The van der Waals surface area contributed by atoms with Crippen LogP contribution in [0.5, 0.6) is 0 Å². The van der Waals surface area contributed by atoms with Gasteiger partial charge in [-0.25, -0.2) is 0 Å². The molecular formula is C14H16BrClINO. The molecule has 0 aromatic heterocycles. The molecule has 2 rings (SSSR count). The monoisotopic (exact) mass is 455 g/mol. The molecule has 0 radical (unpaired) electrons. The van der Waals surface area contributed by atoms with Gasteiger partial charge in [-0.05, 0) is 53.6 Å². The number of nitrogens with zero attached hydrogens (tertiary/aromatic N) is 1. The van der Waals surface area contributed by atoms with Crippen LogP contribution < -0.4 is 0 Å². The highest BCUT2D eigenvalue weighted by Gasteiger charge is 2.27. The Morgan fingerprint density at radius 1 is 1.42 bits per heavy atom. The first kappa shape index (κ1) is 15.6. The molecule has 0 saturated heterocycles. The summed E-state index contributed by atoms with van der Waals surface area (Å²) in [6.45, 7) is 0.757. The normalized spacial score (nSPS) is 15.7. The Labute approximate surface area is 141 Å². The van der Waals surface area contributed by atoms with Crippen molar-refractivity contribution in [1.29, 1.82) is 0 Å². The molecule has 1 aliphatic carbocycles. The molecule has 1 saturated carbocycles. The fraction of sp³-hybridized carbons (Fsp3) is 0.500. The van der Waals surface area contributed by atoms with Crippen molar-refractivity contribution in [2.75, 3.05) is 11.9 Å². The summed E-state index contributed by atoms with van der Waals surface area (Å²) in [4.78, 5) is 14.6. The van der Waals surface area contributed by atoms with E-state index in [-0.39, 0.29) is 5.91 Å². The van der Waals surface area contributed by atoms with Gasteiger partial charge in [0.2, 0.25) is 0 Å². The SMILES string of the molecule is O=C(c1ccc(I)c(Cl)c1)N(CCBr)C1CCCC1. The van der Waals surface area contributed by atoms with Gasteiger partial charge in [0.15, 0.2) is 0 Å². The summed E-state index contributed by atoms with van der Waals surface area (Å²) in [6.07, 6.45) is 4.70. The van der Waals surface area contributed by atoms with E-state index in [0.29, 0.717) is 16.6 Å². The number of carbonyl (C=O) groups excluding carboxylic acids is 1. The van der Waals surface area contributed by atoms with Gasteiger partial charge in [-0.1, -0.05) is 40.4 Å². The number of hydrogen-bond donors (Lipinski definition) is 0. The zero-order chi connectivity index (χ0) is 13.8. The summed E-state index contributed by atoms with van der Waals surface area (Å²) in [5, 5.41) is 1.46. The quantitative estimate of drug-likeness (QED) is 0.474. The lowest BCUT2D eigenvalue weighted by molar-refractivity contribution is 0.0696. The van der Waals surface area contributed by atoms with Crippen LogP contribution >= 0.6 is 50.1 Å². The first-order valence-electron chi connectivity index (χ1n) is 6.45. The predicted octanol–water partition coefficient (Wildman–Crippen LogP) is 4.72. The number of carbonyl (C=O) groups is 1. The molecule has 1 aliphatic rings. The minimum absolute atomic E-state index is 0.102. The first-order valence-corrected chi connectivity index (χ1v) is 9.03. The lowest BCUT2D eigenvalue weighted by atomic mass is 10.1. The van der Waals surface area contributed by atoms with Crippen molar-refractivity contribution in [1.82, 2.24) is 4.90 Å². The molecule has 0 heterocycles. The van der Waals surface area contributed by atoms with E-state index < -0.39 is 0 Å². The molecule has 0 N–H and O–H groups in total. The number of rotatable bonds is 4. The third-order valence-corrected chi connectivity index (χ3v) is 5.45. The Morgan fingerprint density at radius 2 is 2.11 bits per heavy atom. The average Bonchev–Trinajstić information content (AvgIpc) is 2.92. The maximum Gasteiger partial charge on any atom is 0.254 e. The van der Waals surface area contributed by atoms with Crippen molar-refractivity contribution >= 4 is 56.0 Å². The Morgan fingerprint density at radius 3 is 2.68 bits per heavy atom. The molecule has 1 fully saturated rings. The molecule has 5 heteroatoms. The van der Waals surface area contributed by atoms with Gasteiger partial charge < -0.3 is 4.90 Å².